The zero-order chi connectivity index (χ0) is 14.1. The molecule has 1 N–H and O–H groups in total. The number of aryl methyl sites for hydroxylation is 1. The number of pyridine rings is 1. The Balaban J connectivity index is 2.49. The highest BCUT2D eigenvalue weighted by Gasteiger charge is 2.13. The first-order valence-electron chi connectivity index (χ1n) is 6.33. The summed E-state index contributed by atoms with van der Waals surface area (Å²) in [6.45, 7) is 1.86. The van der Waals surface area contributed by atoms with Crippen LogP contribution in [0.25, 0.3) is 21.9 Å². The molecule has 0 fully saturated rings. The van der Waals surface area contributed by atoms with Gasteiger partial charge in [-0.1, -0.05) is 36.4 Å². The SMILES string of the molecule is Cc1[nH]c(=O)c2ccccc2c1-c1ccccc1C#N. The minimum atomic E-state index is -0.101. The van der Waals surface area contributed by atoms with Crippen LogP contribution >= 0.6 is 0 Å². The van der Waals surface area contributed by atoms with Gasteiger partial charge in [-0.2, -0.15) is 5.26 Å². The van der Waals surface area contributed by atoms with Crippen molar-refractivity contribution in [2.24, 2.45) is 0 Å². The van der Waals surface area contributed by atoms with Gasteiger partial charge in [-0.25, -0.2) is 0 Å². The molecule has 1 heterocycles. The number of H-pyrrole nitrogens is 1. The van der Waals surface area contributed by atoms with Crippen molar-refractivity contribution < 1.29 is 0 Å². The highest BCUT2D eigenvalue weighted by Crippen LogP contribution is 2.31. The number of hydrogen-bond donors (Lipinski definition) is 1. The predicted molar refractivity (Wildman–Crippen MR) is 79.5 cm³/mol. The highest BCUT2D eigenvalue weighted by molar-refractivity contribution is 5.98. The molecule has 3 nitrogen and oxygen atoms in total. The molecule has 3 heteroatoms. The first kappa shape index (κ1) is 12.2. The van der Waals surface area contributed by atoms with Crippen LogP contribution in [0.1, 0.15) is 11.3 Å². The summed E-state index contributed by atoms with van der Waals surface area (Å²) in [4.78, 5) is 14.9. The third kappa shape index (κ3) is 1.79. The Bertz CT molecular complexity index is 901. The van der Waals surface area contributed by atoms with Gasteiger partial charge in [-0.15, -0.1) is 0 Å². The summed E-state index contributed by atoms with van der Waals surface area (Å²) in [5.41, 5.74) is 3.04. The minimum absolute atomic E-state index is 0.101. The molecule has 0 aliphatic rings. The Morgan fingerprint density at radius 3 is 2.40 bits per heavy atom. The van der Waals surface area contributed by atoms with Gasteiger partial charge in [-0.05, 0) is 24.4 Å². The van der Waals surface area contributed by atoms with Gasteiger partial charge in [0.15, 0.2) is 0 Å². The van der Waals surface area contributed by atoms with E-state index in [9.17, 15) is 10.1 Å². The van der Waals surface area contributed by atoms with Gasteiger partial charge in [0.05, 0.1) is 11.6 Å². The number of nitrogens with one attached hydrogen (secondary N) is 1. The molecule has 0 saturated heterocycles. The number of nitriles is 1. The fourth-order valence-electron chi connectivity index (χ4n) is 2.55. The number of rotatable bonds is 1. The number of aromatic nitrogens is 1. The molecule has 3 aromatic rings. The van der Waals surface area contributed by atoms with Crippen LogP contribution in [0, 0.1) is 18.3 Å². The van der Waals surface area contributed by atoms with E-state index in [0.29, 0.717) is 10.9 Å². The van der Waals surface area contributed by atoms with Crippen molar-refractivity contribution in [1.82, 2.24) is 4.98 Å². The van der Waals surface area contributed by atoms with Crippen LogP contribution in [0.2, 0.25) is 0 Å². The number of aromatic amines is 1. The fourth-order valence-corrected chi connectivity index (χ4v) is 2.55. The van der Waals surface area contributed by atoms with Crippen LogP contribution in [0.3, 0.4) is 0 Å². The molecule has 0 amide bonds. The average molecular weight is 260 g/mol. The van der Waals surface area contributed by atoms with Crippen molar-refractivity contribution in [3.05, 3.63) is 70.1 Å². The standard InChI is InChI=1S/C17H12N2O/c1-11-16(13-7-3-2-6-12(13)10-18)14-8-4-5-9-15(14)17(20)19-11/h2-9H,1H3,(H,19,20). The summed E-state index contributed by atoms with van der Waals surface area (Å²) in [5, 5.41) is 10.8. The molecule has 0 aliphatic carbocycles. The van der Waals surface area contributed by atoms with Crippen molar-refractivity contribution in [3.63, 3.8) is 0 Å². The van der Waals surface area contributed by atoms with Crippen molar-refractivity contribution in [3.8, 4) is 17.2 Å². The van der Waals surface area contributed by atoms with E-state index in [4.69, 9.17) is 0 Å². The molecule has 96 valence electrons. The second-order valence-electron chi connectivity index (χ2n) is 4.66. The first-order valence-corrected chi connectivity index (χ1v) is 6.33. The molecular weight excluding hydrogens is 248 g/mol. The molecule has 1 aromatic heterocycles. The zero-order valence-electron chi connectivity index (χ0n) is 11.0. The van der Waals surface area contributed by atoms with Crippen molar-refractivity contribution >= 4 is 10.8 Å². The summed E-state index contributed by atoms with van der Waals surface area (Å²) < 4.78 is 0. The Morgan fingerprint density at radius 1 is 1.00 bits per heavy atom. The number of hydrogen-bond acceptors (Lipinski definition) is 2. The van der Waals surface area contributed by atoms with E-state index in [1.54, 1.807) is 12.1 Å². The second-order valence-corrected chi connectivity index (χ2v) is 4.66. The van der Waals surface area contributed by atoms with E-state index in [2.05, 4.69) is 11.1 Å². The lowest BCUT2D eigenvalue weighted by Gasteiger charge is -2.11. The van der Waals surface area contributed by atoms with E-state index >= 15 is 0 Å². The van der Waals surface area contributed by atoms with Crippen LogP contribution in [0.4, 0.5) is 0 Å². The van der Waals surface area contributed by atoms with Crippen LogP contribution in [0.15, 0.2) is 53.3 Å². The van der Waals surface area contributed by atoms with Crippen LogP contribution in [0.5, 0.6) is 0 Å². The summed E-state index contributed by atoms with van der Waals surface area (Å²) >= 11 is 0. The quantitative estimate of drug-likeness (QED) is 0.729. The Morgan fingerprint density at radius 2 is 1.65 bits per heavy atom. The molecule has 2 aromatic carbocycles. The maximum atomic E-state index is 12.0. The molecule has 0 aliphatic heterocycles. The van der Waals surface area contributed by atoms with Gasteiger partial charge < -0.3 is 4.98 Å². The van der Waals surface area contributed by atoms with Gasteiger partial charge in [0.2, 0.25) is 0 Å². The van der Waals surface area contributed by atoms with Crippen molar-refractivity contribution in [1.29, 1.82) is 5.26 Å². The molecule has 0 spiro atoms. The lowest BCUT2D eigenvalue weighted by molar-refractivity contribution is 1.17. The van der Waals surface area contributed by atoms with Crippen LogP contribution in [-0.2, 0) is 0 Å². The average Bonchev–Trinajstić information content (AvgIpc) is 2.48. The second kappa shape index (κ2) is 4.67. The molecule has 0 atom stereocenters. The van der Waals surface area contributed by atoms with E-state index in [0.717, 1.165) is 22.2 Å². The third-order valence-corrected chi connectivity index (χ3v) is 3.43. The van der Waals surface area contributed by atoms with E-state index in [1.165, 1.54) is 0 Å². The summed E-state index contributed by atoms with van der Waals surface area (Å²) in [5.74, 6) is 0. The van der Waals surface area contributed by atoms with Gasteiger partial charge in [0, 0.05) is 22.2 Å². The normalized spacial score (nSPS) is 10.4. The smallest absolute Gasteiger partial charge is 0.256 e. The molecule has 0 unspecified atom stereocenters. The van der Waals surface area contributed by atoms with Gasteiger partial charge in [-0.3, -0.25) is 4.79 Å². The number of benzene rings is 2. The lowest BCUT2D eigenvalue weighted by Crippen LogP contribution is -2.09. The van der Waals surface area contributed by atoms with E-state index in [1.807, 2.05) is 43.3 Å². The molecule has 0 saturated carbocycles. The van der Waals surface area contributed by atoms with E-state index in [-0.39, 0.29) is 5.56 Å². The Kier molecular flexibility index (Phi) is 2.85. The molecule has 0 radical (unpaired) electrons. The summed E-state index contributed by atoms with van der Waals surface area (Å²) in [6, 6.07) is 17.1. The third-order valence-electron chi connectivity index (χ3n) is 3.43. The molecular formula is C17H12N2O. The largest absolute Gasteiger partial charge is 0.325 e. The maximum Gasteiger partial charge on any atom is 0.256 e. The minimum Gasteiger partial charge on any atom is -0.325 e. The summed E-state index contributed by atoms with van der Waals surface area (Å²) in [6.07, 6.45) is 0. The van der Waals surface area contributed by atoms with Crippen molar-refractivity contribution in [2.45, 2.75) is 6.92 Å². The van der Waals surface area contributed by atoms with E-state index < -0.39 is 0 Å². The molecule has 3 rings (SSSR count). The van der Waals surface area contributed by atoms with Gasteiger partial charge in [0.1, 0.15) is 0 Å². The number of nitrogens with zero attached hydrogens (tertiary/aromatic N) is 1. The van der Waals surface area contributed by atoms with Crippen molar-refractivity contribution in [2.75, 3.05) is 0 Å². The lowest BCUT2D eigenvalue weighted by atomic mass is 9.94. The van der Waals surface area contributed by atoms with Crippen LogP contribution in [-0.4, -0.2) is 4.98 Å². The Hall–Kier alpha value is -2.86. The number of fused-ring (bicyclic) bond motifs is 1. The van der Waals surface area contributed by atoms with Crippen LogP contribution < -0.4 is 5.56 Å². The molecule has 20 heavy (non-hydrogen) atoms. The maximum absolute atomic E-state index is 12.0. The first-order chi connectivity index (χ1) is 9.72. The summed E-state index contributed by atoms with van der Waals surface area (Å²) in [7, 11) is 0. The topological polar surface area (TPSA) is 56.6 Å². The zero-order valence-corrected chi connectivity index (χ0v) is 11.0. The fraction of sp³-hybridized carbons (Fsp3) is 0.0588. The predicted octanol–water partition coefficient (Wildman–Crippen LogP) is 3.38. The Labute approximate surface area is 116 Å². The molecule has 0 bridgehead atoms. The highest BCUT2D eigenvalue weighted by atomic mass is 16.1. The monoisotopic (exact) mass is 260 g/mol. The van der Waals surface area contributed by atoms with Gasteiger partial charge in [0.25, 0.3) is 5.56 Å². The van der Waals surface area contributed by atoms with Gasteiger partial charge >= 0.3 is 0 Å².